The first-order valence-electron chi connectivity index (χ1n) is 8.48. The molecule has 0 spiro atoms. The molecule has 2 aromatic rings. The van der Waals surface area contributed by atoms with Gasteiger partial charge in [-0.05, 0) is 38.0 Å². The molecule has 0 unspecified atom stereocenters. The van der Waals surface area contributed by atoms with Crippen molar-refractivity contribution in [3.05, 3.63) is 45.5 Å². The fourth-order valence-electron chi connectivity index (χ4n) is 2.28. The van der Waals surface area contributed by atoms with Crippen LogP contribution in [0.5, 0.6) is 0 Å². The Balaban J connectivity index is 1.62. The molecular weight excluding hydrogens is 336 g/mol. The summed E-state index contributed by atoms with van der Waals surface area (Å²) in [4.78, 5) is 18.8. The summed E-state index contributed by atoms with van der Waals surface area (Å²) in [7, 11) is 1.75. The maximum Gasteiger partial charge on any atom is 0.287 e. The molecule has 1 amide bonds. The first-order valence-corrected chi connectivity index (χ1v) is 9.30. The zero-order valence-corrected chi connectivity index (χ0v) is 15.8. The second kappa shape index (κ2) is 9.88. The van der Waals surface area contributed by atoms with Crippen LogP contribution in [0.3, 0.4) is 0 Å². The molecule has 0 aliphatic heterocycles. The molecule has 6 nitrogen and oxygen atoms in total. The SMILES string of the molecule is CCc1ccc(CNC(=NC)NCCCNC(=O)c2occc2C)s1. The monoisotopic (exact) mass is 362 g/mol. The van der Waals surface area contributed by atoms with Crippen LogP contribution in [0.1, 0.15) is 39.2 Å². The molecule has 0 radical (unpaired) electrons. The van der Waals surface area contributed by atoms with E-state index in [1.807, 2.05) is 18.3 Å². The van der Waals surface area contributed by atoms with E-state index in [1.54, 1.807) is 13.1 Å². The molecule has 0 fully saturated rings. The summed E-state index contributed by atoms with van der Waals surface area (Å²) < 4.78 is 5.17. The molecule has 7 heteroatoms. The smallest absolute Gasteiger partial charge is 0.287 e. The molecule has 25 heavy (non-hydrogen) atoms. The van der Waals surface area contributed by atoms with Crippen LogP contribution in [0.2, 0.25) is 0 Å². The average Bonchev–Trinajstić information content (AvgIpc) is 3.25. The second-order valence-corrected chi connectivity index (χ2v) is 6.87. The Labute approximate surface area is 152 Å². The number of carbonyl (C=O) groups excluding carboxylic acids is 1. The van der Waals surface area contributed by atoms with Crippen molar-refractivity contribution in [1.82, 2.24) is 16.0 Å². The summed E-state index contributed by atoms with van der Waals surface area (Å²) >= 11 is 1.82. The lowest BCUT2D eigenvalue weighted by molar-refractivity contribution is 0.0925. The van der Waals surface area contributed by atoms with Crippen LogP contribution in [-0.2, 0) is 13.0 Å². The van der Waals surface area contributed by atoms with Crippen LogP contribution >= 0.6 is 11.3 Å². The van der Waals surface area contributed by atoms with Gasteiger partial charge in [-0.2, -0.15) is 0 Å². The molecule has 2 aromatic heterocycles. The van der Waals surface area contributed by atoms with Gasteiger partial charge in [0.2, 0.25) is 0 Å². The summed E-state index contributed by atoms with van der Waals surface area (Å²) in [5, 5.41) is 9.40. The van der Waals surface area contributed by atoms with E-state index < -0.39 is 0 Å². The van der Waals surface area contributed by atoms with Crippen LogP contribution in [0.25, 0.3) is 0 Å². The summed E-state index contributed by atoms with van der Waals surface area (Å²) in [6.45, 7) is 6.08. The number of nitrogens with zero attached hydrogens (tertiary/aromatic N) is 1. The summed E-state index contributed by atoms with van der Waals surface area (Å²) in [6, 6.07) is 6.10. The highest BCUT2D eigenvalue weighted by Gasteiger charge is 2.11. The molecule has 0 saturated carbocycles. The van der Waals surface area contributed by atoms with Gasteiger partial charge in [0.15, 0.2) is 11.7 Å². The van der Waals surface area contributed by atoms with E-state index in [4.69, 9.17) is 4.42 Å². The third-order valence-corrected chi connectivity index (χ3v) is 4.95. The predicted octanol–water partition coefficient (Wildman–Crippen LogP) is 2.70. The fourth-order valence-corrected chi connectivity index (χ4v) is 3.18. The van der Waals surface area contributed by atoms with Gasteiger partial charge in [0.1, 0.15) is 0 Å². The molecule has 3 N–H and O–H groups in total. The number of amides is 1. The van der Waals surface area contributed by atoms with Crippen molar-refractivity contribution in [1.29, 1.82) is 0 Å². The van der Waals surface area contributed by atoms with Gasteiger partial charge in [0.25, 0.3) is 5.91 Å². The number of hydrogen-bond acceptors (Lipinski definition) is 4. The third-order valence-electron chi connectivity index (χ3n) is 3.72. The van der Waals surface area contributed by atoms with Gasteiger partial charge in [-0.3, -0.25) is 9.79 Å². The standard InChI is InChI=1S/C18H26N4O2S/c1-4-14-6-7-15(25-14)12-22-18(19-3)21-10-5-9-20-17(23)16-13(2)8-11-24-16/h6-8,11H,4-5,9-10,12H2,1-3H3,(H,20,23)(H2,19,21,22). The number of guanidine groups is 1. The maximum atomic E-state index is 11.9. The van der Waals surface area contributed by atoms with Crippen molar-refractivity contribution in [3.8, 4) is 0 Å². The fraction of sp³-hybridized carbons (Fsp3) is 0.444. The number of furan rings is 1. The van der Waals surface area contributed by atoms with E-state index >= 15 is 0 Å². The Morgan fingerprint density at radius 1 is 1.16 bits per heavy atom. The average molecular weight is 362 g/mol. The van der Waals surface area contributed by atoms with E-state index in [0.717, 1.165) is 37.5 Å². The topological polar surface area (TPSA) is 78.7 Å². The van der Waals surface area contributed by atoms with Crippen LogP contribution < -0.4 is 16.0 Å². The Morgan fingerprint density at radius 3 is 2.56 bits per heavy atom. The van der Waals surface area contributed by atoms with Gasteiger partial charge >= 0.3 is 0 Å². The van der Waals surface area contributed by atoms with Crippen molar-refractivity contribution in [2.24, 2.45) is 4.99 Å². The van der Waals surface area contributed by atoms with Gasteiger partial charge in [-0.15, -0.1) is 11.3 Å². The van der Waals surface area contributed by atoms with Crippen molar-refractivity contribution >= 4 is 23.2 Å². The second-order valence-electron chi connectivity index (χ2n) is 5.62. The highest BCUT2D eigenvalue weighted by atomic mass is 32.1. The summed E-state index contributed by atoms with van der Waals surface area (Å²) in [5.41, 5.74) is 0.847. The van der Waals surface area contributed by atoms with E-state index in [2.05, 4.69) is 40.0 Å². The molecule has 0 saturated heterocycles. The lowest BCUT2D eigenvalue weighted by atomic mass is 10.2. The minimum Gasteiger partial charge on any atom is -0.459 e. The summed E-state index contributed by atoms with van der Waals surface area (Å²) in [6.07, 6.45) is 3.39. The Kier molecular flexibility index (Phi) is 7.53. The number of carbonyl (C=O) groups is 1. The van der Waals surface area contributed by atoms with E-state index in [-0.39, 0.29) is 5.91 Å². The Bertz CT molecular complexity index is 706. The molecule has 0 aromatic carbocycles. The van der Waals surface area contributed by atoms with Crippen LogP contribution in [-0.4, -0.2) is 32.0 Å². The molecule has 136 valence electrons. The molecule has 0 bridgehead atoms. The lowest BCUT2D eigenvalue weighted by Gasteiger charge is -2.11. The van der Waals surface area contributed by atoms with E-state index in [0.29, 0.717) is 12.3 Å². The summed E-state index contributed by atoms with van der Waals surface area (Å²) in [5.74, 6) is 0.974. The minimum atomic E-state index is -0.172. The zero-order chi connectivity index (χ0) is 18.1. The van der Waals surface area contributed by atoms with Gasteiger partial charge < -0.3 is 20.4 Å². The third kappa shape index (κ3) is 5.94. The van der Waals surface area contributed by atoms with Crippen molar-refractivity contribution in [3.63, 3.8) is 0 Å². The first kappa shape index (κ1) is 19.1. The van der Waals surface area contributed by atoms with Crippen molar-refractivity contribution < 1.29 is 9.21 Å². The van der Waals surface area contributed by atoms with Crippen molar-refractivity contribution in [2.45, 2.75) is 33.2 Å². The number of thiophene rings is 1. The molecule has 2 heterocycles. The number of aryl methyl sites for hydroxylation is 2. The molecule has 0 aliphatic carbocycles. The zero-order valence-electron chi connectivity index (χ0n) is 15.0. The molecular formula is C18H26N4O2S. The van der Waals surface area contributed by atoms with E-state index in [9.17, 15) is 4.79 Å². The highest BCUT2D eigenvalue weighted by molar-refractivity contribution is 7.11. The molecule has 0 aliphatic rings. The van der Waals surface area contributed by atoms with Crippen LogP contribution in [0.4, 0.5) is 0 Å². The van der Waals surface area contributed by atoms with Crippen molar-refractivity contribution in [2.75, 3.05) is 20.1 Å². The van der Waals surface area contributed by atoms with Gasteiger partial charge in [-0.1, -0.05) is 6.92 Å². The highest BCUT2D eigenvalue weighted by Crippen LogP contribution is 2.16. The maximum absolute atomic E-state index is 11.9. The Morgan fingerprint density at radius 2 is 1.92 bits per heavy atom. The molecule has 2 rings (SSSR count). The lowest BCUT2D eigenvalue weighted by Crippen LogP contribution is -2.38. The Hall–Kier alpha value is -2.28. The largest absolute Gasteiger partial charge is 0.459 e. The van der Waals surface area contributed by atoms with Gasteiger partial charge in [-0.25, -0.2) is 0 Å². The van der Waals surface area contributed by atoms with Gasteiger partial charge in [0.05, 0.1) is 12.8 Å². The quantitative estimate of drug-likeness (QED) is 0.383. The minimum absolute atomic E-state index is 0.172. The van der Waals surface area contributed by atoms with Crippen LogP contribution in [0, 0.1) is 6.92 Å². The van der Waals surface area contributed by atoms with Gasteiger partial charge in [0, 0.05) is 35.5 Å². The number of nitrogens with one attached hydrogen (secondary N) is 3. The van der Waals surface area contributed by atoms with E-state index in [1.165, 1.54) is 16.0 Å². The first-order chi connectivity index (χ1) is 12.1. The number of rotatable bonds is 8. The predicted molar refractivity (Wildman–Crippen MR) is 102 cm³/mol. The number of hydrogen-bond donors (Lipinski definition) is 3. The normalized spacial score (nSPS) is 11.4. The molecule has 0 atom stereocenters. The van der Waals surface area contributed by atoms with Crippen LogP contribution in [0.15, 0.2) is 33.9 Å². The number of aliphatic imine (C=N–C) groups is 1.